The highest BCUT2D eigenvalue weighted by molar-refractivity contribution is 5.98. The fourth-order valence-corrected chi connectivity index (χ4v) is 8.91. The molecule has 0 bridgehead atoms. The highest BCUT2D eigenvalue weighted by atomic mass is 19.1. The van der Waals surface area contributed by atoms with E-state index in [4.69, 9.17) is 0 Å². The van der Waals surface area contributed by atoms with Gasteiger partial charge < -0.3 is 0 Å². The average molecular weight is 417 g/mol. The normalized spacial score (nSPS) is 52.4. The molecule has 0 saturated heterocycles. The summed E-state index contributed by atoms with van der Waals surface area (Å²) in [5.41, 5.74) is -1.13. The minimum Gasteiger partial charge on any atom is -0.298 e. The summed E-state index contributed by atoms with van der Waals surface area (Å²) in [5, 5.41) is 0. The van der Waals surface area contributed by atoms with E-state index in [0.717, 1.165) is 86.9 Å². The van der Waals surface area contributed by atoms with Crippen LogP contribution in [0.25, 0.3) is 0 Å². The molecule has 0 aromatic heterocycles. The van der Waals surface area contributed by atoms with E-state index < -0.39 is 17.0 Å². The number of rotatable bonds is 2. The van der Waals surface area contributed by atoms with Crippen molar-refractivity contribution in [3.05, 3.63) is 0 Å². The molecule has 0 aromatic carbocycles. The fourth-order valence-electron chi connectivity index (χ4n) is 8.91. The molecule has 170 valence electrons. The number of hydrogen-bond donors (Lipinski definition) is 0. The van der Waals surface area contributed by atoms with E-state index in [-0.39, 0.29) is 0 Å². The number of hydrogen-bond acceptors (Lipinski definition) is 1. The van der Waals surface area contributed by atoms with Crippen LogP contribution in [0.15, 0.2) is 0 Å². The van der Waals surface area contributed by atoms with Crippen LogP contribution < -0.4 is 0 Å². The lowest BCUT2D eigenvalue weighted by molar-refractivity contribution is -0.194. The first-order valence-corrected chi connectivity index (χ1v) is 13.6. The number of Topliss-reactive ketones (excluding diaryl/α,β-unsaturated/α-hetero) is 1. The molecular weight excluding hydrogens is 371 g/mol. The average Bonchev–Trinajstić information content (AvgIpc) is 2.79. The molecule has 2 heteroatoms. The van der Waals surface area contributed by atoms with E-state index >= 15 is 4.39 Å². The SMILES string of the molecule is C[C@H]1CC[C@H](C2CCC3(CC2)C(=O)C2(CCC([C@H]4CC[C@H](C)CC4)CC2)C3F)CC1. The highest BCUT2D eigenvalue weighted by Crippen LogP contribution is 2.66. The van der Waals surface area contributed by atoms with Crippen molar-refractivity contribution in [2.45, 2.75) is 123 Å². The van der Waals surface area contributed by atoms with Crippen molar-refractivity contribution >= 4 is 5.78 Å². The Morgan fingerprint density at radius 3 is 1.17 bits per heavy atom. The molecule has 0 heterocycles. The molecule has 5 rings (SSSR count). The standard InChI is InChI=1S/C28H45FO/c1-19-3-7-21(8-4-19)23-11-15-27(16-12-23)25(29)28(26(27)30)17-13-24(14-18-28)22-9-5-20(2)6-10-22/h19-25H,3-18H2,1-2H3/t19-,20-,21-,22-,23?,24?,25?,27?,28?. The van der Waals surface area contributed by atoms with Gasteiger partial charge >= 0.3 is 0 Å². The molecule has 0 radical (unpaired) electrons. The van der Waals surface area contributed by atoms with Gasteiger partial charge in [-0.1, -0.05) is 39.5 Å². The van der Waals surface area contributed by atoms with E-state index in [1.165, 1.54) is 51.4 Å². The van der Waals surface area contributed by atoms with Crippen LogP contribution in [-0.2, 0) is 4.79 Å². The lowest BCUT2D eigenvalue weighted by Gasteiger charge is -2.62. The summed E-state index contributed by atoms with van der Waals surface area (Å²) in [6, 6.07) is 0. The first kappa shape index (κ1) is 21.4. The Kier molecular flexibility index (Phi) is 5.85. The molecular formula is C28H45FO. The summed E-state index contributed by atoms with van der Waals surface area (Å²) in [7, 11) is 0. The first-order valence-electron chi connectivity index (χ1n) is 13.6. The van der Waals surface area contributed by atoms with E-state index in [9.17, 15) is 4.79 Å². The monoisotopic (exact) mass is 416 g/mol. The van der Waals surface area contributed by atoms with Crippen LogP contribution in [0.1, 0.15) is 117 Å². The Balaban J connectivity index is 1.16. The zero-order chi connectivity index (χ0) is 20.9. The van der Waals surface area contributed by atoms with E-state index in [2.05, 4.69) is 13.8 Å². The summed E-state index contributed by atoms with van der Waals surface area (Å²) in [6.07, 6.45) is 18.0. The smallest absolute Gasteiger partial charge is 0.151 e. The van der Waals surface area contributed by atoms with Crippen molar-refractivity contribution in [1.29, 1.82) is 0 Å². The predicted molar refractivity (Wildman–Crippen MR) is 121 cm³/mol. The molecule has 0 N–H and O–H groups in total. The second kappa shape index (κ2) is 8.18. The Morgan fingerprint density at radius 2 is 0.867 bits per heavy atom. The molecule has 0 amide bonds. The van der Waals surface area contributed by atoms with Crippen LogP contribution in [0, 0.1) is 46.3 Å². The van der Waals surface area contributed by atoms with Crippen molar-refractivity contribution in [2.75, 3.05) is 0 Å². The summed E-state index contributed by atoms with van der Waals surface area (Å²) < 4.78 is 15.9. The topological polar surface area (TPSA) is 17.1 Å². The Bertz CT molecular complexity index is 557. The van der Waals surface area contributed by atoms with E-state index in [1.54, 1.807) is 0 Å². The largest absolute Gasteiger partial charge is 0.298 e. The van der Waals surface area contributed by atoms with Crippen molar-refractivity contribution < 1.29 is 9.18 Å². The van der Waals surface area contributed by atoms with Gasteiger partial charge in [-0.05, 0) is 113 Å². The summed E-state index contributed by atoms with van der Waals surface area (Å²) in [6.45, 7) is 4.77. The first-order chi connectivity index (χ1) is 14.4. The molecule has 0 aliphatic heterocycles. The van der Waals surface area contributed by atoms with Gasteiger partial charge in [0, 0.05) is 0 Å². The maximum absolute atomic E-state index is 15.9. The third kappa shape index (κ3) is 3.42. The molecule has 5 saturated carbocycles. The lowest BCUT2D eigenvalue weighted by atomic mass is 9.41. The van der Waals surface area contributed by atoms with Gasteiger partial charge in [0.15, 0.2) is 5.78 Å². The van der Waals surface area contributed by atoms with Gasteiger partial charge in [-0.3, -0.25) is 4.79 Å². The summed E-state index contributed by atoms with van der Waals surface area (Å²) >= 11 is 0. The van der Waals surface area contributed by atoms with E-state index in [1.807, 2.05) is 0 Å². The highest BCUT2D eigenvalue weighted by Gasteiger charge is 2.71. The minimum atomic E-state index is -0.836. The van der Waals surface area contributed by atoms with E-state index in [0.29, 0.717) is 5.78 Å². The second-order valence-corrected chi connectivity index (χ2v) is 12.7. The quantitative estimate of drug-likeness (QED) is 0.447. The molecule has 5 aliphatic rings. The Labute approximate surface area is 184 Å². The van der Waals surface area contributed by atoms with Crippen molar-refractivity contribution in [3.8, 4) is 0 Å². The third-order valence-electron chi connectivity index (χ3n) is 11.2. The number of halogens is 1. The molecule has 1 nitrogen and oxygen atoms in total. The van der Waals surface area contributed by atoms with Gasteiger partial charge in [0.2, 0.25) is 0 Å². The molecule has 5 aliphatic carbocycles. The molecule has 30 heavy (non-hydrogen) atoms. The van der Waals surface area contributed by atoms with Gasteiger partial charge in [-0.15, -0.1) is 0 Å². The fraction of sp³-hybridized carbons (Fsp3) is 0.964. The second-order valence-electron chi connectivity index (χ2n) is 12.7. The van der Waals surface area contributed by atoms with Crippen LogP contribution in [0.4, 0.5) is 4.39 Å². The van der Waals surface area contributed by atoms with Gasteiger partial charge in [-0.2, -0.15) is 0 Å². The number of alkyl halides is 1. The van der Waals surface area contributed by atoms with Gasteiger partial charge in [0.25, 0.3) is 0 Å². The van der Waals surface area contributed by atoms with Gasteiger partial charge in [0.1, 0.15) is 6.17 Å². The van der Waals surface area contributed by atoms with Crippen LogP contribution in [0.3, 0.4) is 0 Å². The Hall–Kier alpha value is -0.400. The van der Waals surface area contributed by atoms with Crippen molar-refractivity contribution in [3.63, 3.8) is 0 Å². The zero-order valence-corrected chi connectivity index (χ0v) is 19.6. The molecule has 0 aromatic rings. The Morgan fingerprint density at radius 1 is 0.567 bits per heavy atom. The number of carbonyl (C=O) groups excluding carboxylic acids is 1. The minimum absolute atomic E-state index is 0.369. The van der Waals surface area contributed by atoms with Crippen LogP contribution in [0.2, 0.25) is 0 Å². The maximum atomic E-state index is 15.9. The zero-order valence-electron chi connectivity index (χ0n) is 19.6. The predicted octanol–water partition coefficient (Wildman–Crippen LogP) is 7.91. The van der Waals surface area contributed by atoms with Gasteiger partial charge in [-0.25, -0.2) is 4.39 Å². The maximum Gasteiger partial charge on any atom is 0.151 e. The summed E-state index contributed by atoms with van der Waals surface area (Å²) in [5.74, 6) is 5.41. The van der Waals surface area contributed by atoms with Gasteiger partial charge in [0.05, 0.1) is 10.8 Å². The third-order valence-corrected chi connectivity index (χ3v) is 11.2. The van der Waals surface area contributed by atoms with Crippen LogP contribution in [-0.4, -0.2) is 12.0 Å². The summed E-state index contributed by atoms with van der Waals surface area (Å²) in [4.78, 5) is 13.5. The van der Waals surface area contributed by atoms with Crippen molar-refractivity contribution in [2.24, 2.45) is 46.3 Å². The molecule has 0 atom stereocenters. The van der Waals surface area contributed by atoms with Crippen LogP contribution in [0.5, 0.6) is 0 Å². The molecule has 2 spiro atoms. The van der Waals surface area contributed by atoms with Crippen molar-refractivity contribution in [1.82, 2.24) is 0 Å². The number of carbonyl (C=O) groups is 1. The van der Waals surface area contributed by atoms with Crippen LogP contribution >= 0.6 is 0 Å². The number of ketones is 1. The lowest BCUT2D eigenvalue weighted by Crippen LogP contribution is -2.69. The molecule has 0 unspecified atom stereocenters. The molecule has 5 fully saturated rings.